The summed E-state index contributed by atoms with van der Waals surface area (Å²) in [5, 5.41) is 0.278. The first-order valence-corrected chi connectivity index (χ1v) is 12.8. The average Bonchev–Trinajstić information content (AvgIpc) is 3.17. The van der Waals surface area contributed by atoms with Crippen LogP contribution in [0.2, 0.25) is 0 Å². The van der Waals surface area contributed by atoms with Gasteiger partial charge in [-0.1, -0.05) is 29.5 Å². The Morgan fingerprint density at radius 1 is 1.16 bits per heavy atom. The highest BCUT2D eigenvalue weighted by Gasteiger charge is 2.25. The molecule has 1 saturated heterocycles. The maximum absolute atomic E-state index is 13.8. The van der Waals surface area contributed by atoms with E-state index in [2.05, 4.69) is 4.98 Å². The molecule has 0 aliphatic carbocycles. The van der Waals surface area contributed by atoms with Crippen molar-refractivity contribution in [2.75, 3.05) is 18.8 Å². The average molecular weight is 481 g/mol. The van der Waals surface area contributed by atoms with E-state index in [4.69, 9.17) is 4.74 Å². The lowest BCUT2D eigenvalue weighted by atomic mass is 10.1. The van der Waals surface area contributed by atoms with Crippen molar-refractivity contribution in [2.45, 2.75) is 36.7 Å². The highest BCUT2D eigenvalue weighted by molar-refractivity contribution is 7.91. The summed E-state index contributed by atoms with van der Waals surface area (Å²) in [7, 11) is -3.39. The molecule has 32 heavy (non-hydrogen) atoms. The molecule has 1 aliphatic heterocycles. The van der Waals surface area contributed by atoms with Gasteiger partial charge in [0.25, 0.3) is 5.19 Å². The minimum Gasteiger partial charge on any atom is -0.467 e. The highest BCUT2D eigenvalue weighted by atomic mass is 32.2. The Labute approximate surface area is 188 Å². The van der Waals surface area contributed by atoms with Crippen molar-refractivity contribution >= 4 is 37.3 Å². The molecule has 1 fully saturated rings. The fourth-order valence-corrected chi connectivity index (χ4v) is 5.92. The Bertz CT molecular complexity index is 1210. The van der Waals surface area contributed by atoms with Crippen LogP contribution in [-0.4, -0.2) is 49.2 Å². The van der Waals surface area contributed by atoms with Gasteiger partial charge in [0.15, 0.2) is 15.7 Å². The number of carbonyl (C=O) groups excluding carboxylic acids is 1. The molecule has 0 N–H and O–H groups in total. The van der Waals surface area contributed by atoms with E-state index >= 15 is 0 Å². The number of sulfone groups is 1. The van der Waals surface area contributed by atoms with Crippen LogP contribution in [-0.2, 0) is 14.6 Å². The number of halogens is 2. The third kappa shape index (κ3) is 5.24. The number of benzene rings is 2. The van der Waals surface area contributed by atoms with Gasteiger partial charge in [0, 0.05) is 38.4 Å². The van der Waals surface area contributed by atoms with Crippen molar-refractivity contribution in [1.29, 1.82) is 0 Å². The number of carbonyl (C=O) groups is 1. The van der Waals surface area contributed by atoms with E-state index in [1.807, 2.05) is 0 Å². The first-order chi connectivity index (χ1) is 15.3. The number of thiazole rings is 1. The molecule has 2 heterocycles. The van der Waals surface area contributed by atoms with Gasteiger partial charge >= 0.3 is 0 Å². The number of hydrogen-bond acceptors (Lipinski definition) is 6. The SMILES string of the molecule is O=C(CCCS(=O)(=O)c1ccccc1)N1CCC(Oc2nc3c(F)cc(F)cc3s2)CC1. The number of fused-ring (bicyclic) bond motifs is 1. The van der Waals surface area contributed by atoms with Crippen molar-refractivity contribution in [1.82, 2.24) is 9.88 Å². The quantitative estimate of drug-likeness (QED) is 0.507. The standard InChI is InChI=1S/C22H22F2N2O4S2/c23-15-13-18(24)21-19(14-15)31-22(25-21)30-16-8-10-26(11-9-16)20(27)7-4-12-32(28,29)17-5-2-1-3-6-17/h1-3,5-6,13-14,16H,4,7-12H2. The second-order valence-electron chi connectivity index (χ2n) is 7.65. The second-order valence-corrected chi connectivity index (χ2v) is 10.7. The van der Waals surface area contributed by atoms with Crippen molar-refractivity contribution < 1.29 is 26.7 Å². The lowest BCUT2D eigenvalue weighted by Crippen LogP contribution is -2.41. The smallest absolute Gasteiger partial charge is 0.274 e. The summed E-state index contributed by atoms with van der Waals surface area (Å²) in [6, 6.07) is 10.2. The van der Waals surface area contributed by atoms with Gasteiger partial charge in [0.2, 0.25) is 5.91 Å². The molecule has 10 heteroatoms. The van der Waals surface area contributed by atoms with Crippen molar-refractivity contribution in [3.05, 3.63) is 54.1 Å². The molecule has 4 rings (SSSR count). The number of rotatable bonds is 7. The van der Waals surface area contributed by atoms with E-state index in [1.54, 1.807) is 35.2 Å². The maximum Gasteiger partial charge on any atom is 0.274 e. The molecule has 3 aromatic rings. The van der Waals surface area contributed by atoms with Gasteiger partial charge in [-0.25, -0.2) is 17.2 Å². The van der Waals surface area contributed by atoms with E-state index in [-0.39, 0.29) is 46.2 Å². The van der Waals surface area contributed by atoms with Crippen LogP contribution >= 0.6 is 11.3 Å². The largest absolute Gasteiger partial charge is 0.467 e. The van der Waals surface area contributed by atoms with Crippen LogP contribution in [0.1, 0.15) is 25.7 Å². The minimum atomic E-state index is -3.39. The summed E-state index contributed by atoms with van der Waals surface area (Å²) >= 11 is 1.09. The van der Waals surface area contributed by atoms with Gasteiger partial charge in [-0.2, -0.15) is 4.98 Å². The molecular formula is C22H22F2N2O4S2. The summed E-state index contributed by atoms with van der Waals surface area (Å²) in [5.41, 5.74) is 0.0875. The number of amides is 1. The van der Waals surface area contributed by atoms with Crippen LogP contribution in [0.15, 0.2) is 47.4 Å². The fourth-order valence-electron chi connectivity index (χ4n) is 3.67. The molecule has 0 unspecified atom stereocenters. The molecule has 170 valence electrons. The molecule has 2 aromatic carbocycles. The van der Waals surface area contributed by atoms with E-state index < -0.39 is 21.5 Å². The van der Waals surface area contributed by atoms with Gasteiger partial charge in [0.05, 0.1) is 15.3 Å². The predicted molar refractivity (Wildman–Crippen MR) is 117 cm³/mol. The van der Waals surface area contributed by atoms with E-state index in [9.17, 15) is 22.0 Å². The van der Waals surface area contributed by atoms with Crippen LogP contribution in [0.5, 0.6) is 5.19 Å². The molecule has 6 nitrogen and oxygen atoms in total. The first kappa shape index (κ1) is 22.6. The molecule has 0 spiro atoms. The summed E-state index contributed by atoms with van der Waals surface area (Å²) in [6.45, 7) is 0.978. The Morgan fingerprint density at radius 3 is 2.59 bits per heavy atom. The van der Waals surface area contributed by atoms with Crippen LogP contribution in [0.25, 0.3) is 10.2 Å². The zero-order valence-electron chi connectivity index (χ0n) is 17.2. The summed E-state index contributed by atoms with van der Waals surface area (Å²) < 4.78 is 58.0. The lowest BCUT2D eigenvalue weighted by Gasteiger charge is -2.31. The van der Waals surface area contributed by atoms with Gasteiger partial charge in [-0.15, -0.1) is 0 Å². The molecule has 1 aromatic heterocycles. The molecule has 0 atom stereocenters. The Balaban J connectivity index is 1.25. The molecule has 1 amide bonds. The van der Waals surface area contributed by atoms with Crippen molar-refractivity contribution in [3.8, 4) is 5.19 Å². The number of nitrogens with zero attached hydrogens (tertiary/aromatic N) is 2. The van der Waals surface area contributed by atoms with Crippen LogP contribution in [0.4, 0.5) is 8.78 Å². The Kier molecular flexibility index (Phi) is 6.71. The number of aromatic nitrogens is 1. The molecule has 0 radical (unpaired) electrons. The number of likely N-dealkylation sites (tertiary alicyclic amines) is 1. The zero-order chi connectivity index (χ0) is 22.7. The summed E-state index contributed by atoms with van der Waals surface area (Å²) in [6.07, 6.45) is 1.42. The second kappa shape index (κ2) is 9.50. The first-order valence-electron chi connectivity index (χ1n) is 10.3. The topological polar surface area (TPSA) is 76.6 Å². The predicted octanol–water partition coefficient (Wildman–Crippen LogP) is 4.20. The van der Waals surface area contributed by atoms with Crippen LogP contribution in [0, 0.1) is 11.6 Å². The normalized spacial score (nSPS) is 15.2. The van der Waals surface area contributed by atoms with Gasteiger partial charge < -0.3 is 9.64 Å². The zero-order valence-corrected chi connectivity index (χ0v) is 18.8. The van der Waals surface area contributed by atoms with Crippen LogP contribution < -0.4 is 4.74 Å². The van der Waals surface area contributed by atoms with Gasteiger partial charge in [-0.05, 0) is 24.6 Å². The molecule has 1 aliphatic rings. The van der Waals surface area contributed by atoms with Gasteiger partial charge in [0.1, 0.15) is 17.4 Å². The fraction of sp³-hybridized carbons (Fsp3) is 0.364. The summed E-state index contributed by atoms with van der Waals surface area (Å²) in [5.74, 6) is -1.53. The van der Waals surface area contributed by atoms with E-state index in [0.717, 1.165) is 17.4 Å². The third-order valence-corrected chi connectivity index (χ3v) is 8.07. The maximum atomic E-state index is 13.8. The number of hydrogen-bond donors (Lipinski definition) is 0. The number of ether oxygens (including phenoxy) is 1. The monoisotopic (exact) mass is 480 g/mol. The third-order valence-electron chi connectivity index (χ3n) is 5.36. The molecule has 0 saturated carbocycles. The van der Waals surface area contributed by atoms with E-state index in [1.165, 1.54) is 6.07 Å². The molecule has 0 bridgehead atoms. The lowest BCUT2D eigenvalue weighted by molar-refractivity contribution is -0.133. The highest BCUT2D eigenvalue weighted by Crippen LogP contribution is 2.32. The van der Waals surface area contributed by atoms with Gasteiger partial charge in [-0.3, -0.25) is 4.79 Å². The van der Waals surface area contributed by atoms with Crippen molar-refractivity contribution in [2.24, 2.45) is 0 Å². The van der Waals surface area contributed by atoms with E-state index in [0.29, 0.717) is 30.6 Å². The Hall–Kier alpha value is -2.59. The van der Waals surface area contributed by atoms with Crippen LogP contribution in [0.3, 0.4) is 0 Å². The number of piperidine rings is 1. The summed E-state index contributed by atoms with van der Waals surface area (Å²) in [4.78, 5) is 18.6. The minimum absolute atomic E-state index is 0.0723. The Morgan fingerprint density at radius 2 is 1.88 bits per heavy atom. The van der Waals surface area contributed by atoms with Crippen molar-refractivity contribution in [3.63, 3.8) is 0 Å². The molecular weight excluding hydrogens is 458 g/mol.